The van der Waals surface area contributed by atoms with E-state index in [1.807, 2.05) is 18.2 Å². The molecule has 0 bridgehead atoms. The minimum Gasteiger partial charge on any atom is -0.0840 e. The van der Waals surface area contributed by atoms with E-state index in [1.165, 1.54) is 16.7 Å². The summed E-state index contributed by atoms with van der Waals surface area (Å²) in [5.74, 6) is 0. The van der Waals surface area contributed by atoms with Crippen molar-refractivity contribution >= 4 is 11.6 Å². The SMILES string of the molecule is Cc1cccc(Cc2ccccc2Cl)c1. The minimum absolute atomic E-state index is 0.846. The molecular weight excluding hydrogens is 204 g/mol. The van der Waals surface area contributed by atoms with Crippen molar-refractivity contribution in [3.8, 4) is 0 Å². The van der Waals surface area contributed by atoms with E-state index in [0.29, 0.717) is 0 Å². The molecule has 1 heteroatoms. The van der Waals surface area contributed by atoms with Gasteiger partial charge in [0.15, 0.2) is 0 Å². The molecule has 2 rings (SSSR count). The van der Waals surface area contributed by atoms with Crippen LogP contribution in [0.15, 0.2) is 48.5 Å². The maximum Gasteiger partial charge on any atom is 0.0441 e. The van der Waals surface area contributed by atoms with Crippen molar-refractivity contribution < 1.29 is 0 Å². The molecule has 0 aliphatic heterocycles. The van der Waals surface area contributed by atoms with Gasteiger partial charge in [-0.3, -0.25) is 0 Å². The Balaban J connectivity index is 2.26. The molecule has 76 valence electrons. The van der Waals surface area contributed by atoms with Gasteiger partial charge in [-0.1, -0.05) is 59.6 Å². The molecular formula is C14H13Cl. The largest absolute Gasteiger partial charge is 0.0840 e. The van der Waals surface area contributed by atoms with Gasteiger partial charge in [0, 0.05) is 5.02 Å². The fourth-order valence-corrected chi connectivity index (χ4v) is 1.89. The van der Waals surface area contributed by atoms with Crippen LogP contribution in [-0.4, -0.2) is 0 Å². The summed E-state index contributed by atoms with van der Waals surface area (Å²) in [5.41, 5.74) is 3.78. The molecule has 0 heterocycles. The van der Waals surface area contributed by atoms with Gasteiger partial charge in [0.05, 0.1) is 0 Å². The number of halogens is 1. The van der Waals surface area contributed by atoms with Gasteiger partial charge in [0.1, 0.15) is 0 Å². The van der Waals surface area contributed by atoms with Crippen LogP contribution < -0.4 is 0 Å². The third-order valence-corrected chi connectivity index (χ3v) is 2.80. The van der Waals surface area contributed by atoms with Crippen molar-refractivity contribution in [2.75, 3.05) is 0 Å². The van der Waals surface area contributed by atoms with Gasteiger partial charge in [0.25, 0.3) is 0 Å². The van der Waals surface area contributed by atoms with E-state index in [1.54, 1.807) is 0 Å². The lowest BCUT2D eigenvalue weighted by molar-refractivity contribution is 1.18. The summed E-state index contributed by atoms with van der Waals surface area (Å²) in [4.78, 5) is 0. The highest BCUT2D eigenvalue weighted by molar-refractivity contribution is 6.31. The van der Waals surface area contributed by atoms with Crippen LogP contribution in [0.1, 0.15) is 16.7 Å². The van der Waals surface area contributed by atoms with Crippen LogP contribution in [0.5, 0.6) is 0 Å². The van der Waals surface area contributed by atoms with E-state index >= 15 is 0 Å². The third-order valence-electron chi connectivity index (χ3n) is 2.43. The predicted molar refractivity (Wildman–Crippen MR) is 65.4 cm³/mol. The zero-order valence-corrected chi connectivity index (χ0v) is 9.46. The van der Waals surface area contributed by atoms with Crippen LogP contribution in [-0.2, 0) is 6.42 Å². The van der Waals surface area contributed by atoms with Gasteiger partial charge in [-0.05, 0) is 30.5 Å². The van der Waals surface area contributed by atoms with Crippen LogP contribution in [0, 0.1) is 6.92 Å². The molecule has 0 nitrogen and oxygen atoms in total. The topological polar surface area (TPSA) is 0 Å². The summed E-state index contributed by atoms with van der Waals surface area (Å²) in [7, 11) is 0. The van der Waals surface area contributed by atoms with E-state index in [9.17, 15) is 0 Å². The lowest BCUT2D eigenvalue weighted by atomic mass is 10.0. The van der Waals surface area contributed by atoms with E-state index in [4.69, 9.17) is 11.6 Å². The minimum atomic E-state index is 0.846. The molecule has 0 amide bonds. The average molecular weight is 217 g/mol. The van der Waals surface area contributed by atoms with Crippen LogP contribution >= 0.6 is 11.6 Å². The van der Waals surface area contributed by atoms with Crippen molar-refractivity contribution in [3.05, 3.63) is 70.2 Å². The zero-order valence-electron chi connectivity index (χ0n) is 8.70. The molecule has 15 heavy (non-hydrogen) atoms. The monoisotopic (exact) mass is 216 g/mol. The predicted octanol–water partition coefficient (Wildman–Crippen LogP) is 4.24. The Labute approximate surface area is 95.5 Å². The lowest BCUT2D eigenvalue weighted by Gasteiger charge is -2.04. The standard InChI is InChI=1S/C14H13Cl/c1-11-5-4-6-12(9-11)10-13-7-2-3-8-14(13)15/h2-9H,10H2,1H3. The molecule has 0 fully saturated rings. The second-order valence-corrected chi connectivity index (χ2v) is 4.16. The molecule has 2 aromatic rings. The molecule has 0 aliphatic carbocycles. The van der Waals surface area contributed by atoms with Crippen LogP contribution in [0.25, 0.3) is 0 Å². The second kappa shape index (κ2) is 4.50. The Morgan fingerprint density at radius 3 is 2.53 bits per heavy atom. The van der Waals surface area contributed by atoms with E-state index < -0.39 is 0 Å². The van der Waals surface area contributed by atoms with E-state index in [2.05, 4.69) is 37.3 Å². The Morgan fingerprint density at radius 2 is 1.80 bits per heavy atom. The van der Waals surface area contributed by atoms with Crippen LogP contribution in [0.2, 0.25) is 5.02 Å². The summed E-state index contributed by atoms with van der Waals surface area (Å²) >= 11 is 6.11. The normalized spacial score (nSPS) is 10.3. The molecule has 0 unspecified atom stereocenters. The Bertz CT molecular complexity index is 460. The number of hydrogen-bond acceptors (Lipinski definition) is 0. The summed E-state index contributed by atoms with van der Waals surface area (Å²) in [5, 5.41) is 0.846. The lowest BCUT2D eigenvalue weighted by Crippen LogP contribution is -1.89. The first kappa shape index (κ1) is 10.3. The number of rotatable bonds is 2. The smallest absolute Gasteiger partial charge is 0.0441 e. The first-order valence-electron chi connectivity index (χ1n) is 5.04. The summed E-state index contributed by atoms with van der Waals surface area (Å²) in [6.45, 7) is 2.11. The molecule has 0 saturated heterocycles. The van der Waals surface area contributed by atoms with E-state index in [-0.39, 0.29) is 0 Å². The van der Waals surface area contributed by atoms with Crippen LogP contribution in [0.3, 0.4) is 0 Å². The van der Waals surface area contributed by atoms with Crippen molar-refractivity contribution in [1.82, 2.24) is 0 Å². The number of benzene rings is 2. The van der Waals surface area contributed by atoms with Gasteiger partial charge in [-0.15, -0.1) is 0 Å². The maximum absolute atomic E-state index is 6.11. The average Bonchev–Trinajstić information content (AvgIpc) is 2.22. The van der Waals surface area contributed by atoms with Gasteiger partial charge >= 0.3 is 0 Å². The molecule has 0 saturated carbocycles. The summed E-state index contributed by atoms with van der Waals surface area (Å²) < 4.78 is 0. The highest BCUT2D eigenvalue weighted by atomic mass is 35.5. The second-order valence-electron chi connectivity index (χ2n) is 3.76. The van der Waals surface area contributed by atoms with Crippen molar-refractivity contribution in [2.24, 2.45) is 0 Å². The Hall–Kier alpha value is -1.27. The van der Waals surface area contributed by atoms with Crippen molar-refractivity contribution in [1.29, 1.82) is 0 Å². The molecule has 0 atom stereocenters. The molecule has 0 radical (unpaired) electrons. The summed E-state index contributed by atoms with van der Waals surface area (Å²) in [6, 6.07) is 16.5. The molecule has 0 aliphatic rings. The number of hydrogen-bond donors (Lipinski definition) is 0. The van der Waals surface area contributed by atoms with Gasteiger partial charge in [-0.2, -0.15) is 0 Å². The van der Waals surface area contributed by atoms with Crippen LogP contribution in [0.4, 0.5) is 0 Å². The molecule has 2 aromatic carbocycles. The van der Waals surface area contributed by atoms with Crippen molar-refractivity contribution in [2.45, 2.75) is 13.3 Å². The maximum atomic E-state index is 6.11. The third kappa shape index (κ3) is 2.60. The van der Waals surface area contributed by atoms with Gasteiger partial charge < -0.3 is 0 Å². The first-order valence-corrected chi connectivity index (χ1v) is 5.42. The fraction of sp³-hybridized carbons (Fsp3) is 0.143. The van der Waals surface area contributed by atoms with E-state index in [0.717, 1.165) is 11.4 Å². The molecule has 0 spiro atoms. The van der Waals surface area contributed by atoms with Gasteiger partial charge in [0.2, 0.25) is 0 Å². The quantitative estimate of drug-likeness (QED) is 0.705. The zero-order chi connectivity index (χ0) is 10.7. The van der Waals surface area contributed by atoms with Crippen molar-refractivity contribution in [3.63, 3.8) is 0 Å². The first-order chi connectivity index (χ1) is 7.25. The highest BCUT2D eigenvalue weighted by Crippen LogP contribution is 2.19. The van der Waals surface area contributed by atoms with Gasteiger partial charge in [-0.25, -0.2) is 0 Å². The Kier molecular flexibility index (Phi) is 3.08. The Morgan fingerprint density at radius 1 is 1.00 bits per heavy atom. The molecule has 0 aromatic heterocycles. The highest BCUT2D eigenvalue weighted by Gasteiger charge is 2.00. The summed E-state index contributed by atoms with van der Waals surface area (Å²) in [6.07, 6.45) is 0.904. The number of aryl methyl sites for hydroxylation is 1. The fourth-order valence-electron chi connectivity index (χ4n) is 1.68. The molecule has 0 N–H and O–H groups in total.